The molecule has 0 unspecified atom stereocenters. The summed E-state index contributed by atoms with van der Waals surface area (Å²) in [7, 11) is 0. The molecular formula is C45H25N5. The van der Waals surface area contributed by atoms with Crippen molar-refractivity contribution < 1.29 is 0 Å². The van der Waals surface area contributed by atoms with Crippen LogP contribution in [-0.2, 0) is 0 Å². The summed E-state index contributed by atoms with van der Waals surface area (Å²) >= 11 is 0. The third-order valence-electron chi connectivity index (χ3n) is 9.65. The summed E-state index contributed by atoms with van der Waals surface area (Å²) in [5.74, 6) is 0. The van der Waals surface area contributed by atoms with E-state index in [0.29, 0.717) is 16.7 Å². The molecule has 0 N–H and O–H groups in total. The number of nitriles is 3. The quantitative estimate of drug-likeness (QED) is 0.193. The molecule has 0 amide bonds. The van der Waals surface area contributed by atoms with Crippen molar-refractivity contribution in [1.29, 1.82) is 15.8 Å². The van der Waals surface area contributed by atoms with Gasteiger partial charge in [-0.3, -0.25) is 0 Å². The number of hydrogen-bond donors (Lipinski definition) is 0. The van der Waals surface area contributed by atoms with Crippen molar-refractivity contribution in [3.05, 3.63) is 168 Å². The molecule has 0 bridgehead atoms. The maximum atomic E-state index is 10.5. The van der Waals surface area contributed by atoms with Crippen LogP contribution in [-0.4, -0.2) is 9.13 Å². The lowest BCUT2D eigenvalue weighted by Crippen LogP contribution is -1.99. The van der Waals surface area contributed by atoms with E-state index in [0.717, 1.165) is 66.5 Å². The van der Waals surface area contributed by atoms with Gasteiger partial charge in [0.15, 0.2) is 0 Å². The zero-order chi connectivity index (χ0) is 33.8. The van der Waals surface area contributed by atoms with E-state index in [2.05, 4.69) is 94.1 Å². The van der Waals surface area contributed by atoms with E-state index in [1.807, 2.05) is 78.9 Å². The highest BCUT2D eigenvalue weighted by Crippen LogP contribution is 2.39. The van der Waals surface area contributed by atoms with Gasteiger partial charge in [-0.25, -0.2) is 0 Å². The number of benzene rings is 7. The molecule has 5 heteroatoms. The Balaban J connectivity index is 1.17. The minimum atomic E-state index is 0.485. The van der Waals surface area contributed by atoms with Gasteiger partial charge in [-0.05, 0) is 77.4 Å². The van der Waals surface area contributed by atoms with Crippen molar-refractivity contribution in [3.63, 3.8) is 0 Å². The first kappa shape index (κ1) is 28.8. The Kier molecular flexibility index (Phi) is 6.56. The van der Waals surface area contributed by atoms with Gasteiger partial charge in [-0.2, -0.15) is 15.8 Å². The summed E-state index contributed by atoms with van der Waals surface area (Å²) in [6.07, 6.45) is 0. The normalized spacial score (nSPS) is 11.1. The molecule has 0 radical (unpaired) electrons. The van der Waals surface area contributed by atoms with Crippen molar-refractivity contribution >= 4 is 43.6 Å². The summed E-state index contributed by atoms with van der Waals surface area (Å²) in [5, 5.41) is 34.8. The Morgan fingerprint density at radius 1 is 0.360 bits per heavy atom. The molecule has 9 rings (SSSR count). The Labute approximate surface area is 287 Å². The van der Waals surface area contributed by atoms with Gasteiger partial charge in [-0.1, -0.05) is 91.0 Å². The Bertz CT molecular complexity index is 2920. The van der Waals surface area contributed by atoms with Crippen LogP contribution in [0.15, 0.2) is 152 Å². The largest absolute Gasteiger partial charge is 0.309 e. The molecule has 50 heavy (non-hydrogen) atoms. The van der Waals surface area contributed by atoms with Crippen LogP contribution in [0.3, 0.4) is 0 Å². The number of rotatable bonds is 4. The van der Waals surface area contributed by atoms with E-state index in [4.69, 9.17) is 0 Å². The monoisotopic (exact) mass is 635 g/mol. The van der Waals surface area contributed by atoms with E-state index < -0.39 is 0 Å². The number of para-hydroxylation sites is 4. The maximum Gasteiger partial charge on any atom is 0.101 e. The van der Waals surface area contributed by atoms with Crippen molar-refractivity contribution in [2.45, 2.75) is 0 Å². The molecule has 0 aliphatic rings. The van der Waals surface area contributed by atoms with E-state index in [9.17, 15) is 15.8 Å². The van der Waals surface area contributed by atoms with Crippen LogP contribution in [0.4, 0.5) is 0 Å². The SMILES string of the molecule is N#Cc1ccc2c(c1)c1ccccc1n2-c1ccc(-c2ccc(-c3ccccc3-n3c4ccccc4c4ccccc43)cc2C#N)cc1C#N. The van der Waals surface area contributed by atoms with Gasteiger partial charge in [0, 0.05) is 27.1 Å². The molecule has 230 valence electrons. The number of fused-ring (bicyclic) bond motifs is 6. The molecular weight excluding hydrogens is 611 g/mol. The second-order valence-corrected chi connectivity index (χ2v) is 12.3. The molecule has 2 aromatic heterocycles. The van der Waals surface area contributed by atoms with Gasteiger partial charge < -0.3 is 9.13 Å². The average molecular weight is 636 g/mol. The zero-order valence-electron chi connectivity index (χ0n) is 26.7. The lowest BCUT2D eigenvalue weighted by Gasteiger charge is -2.16. The molecule has 0 fully saturated rings. The summed E-state index contributed by atoms with van der Waals surface area (Å²) in [6.45, 7) is 0. The van der Waals surface area contributed by atoms with Gasteiger partial charge in [-0.15, -0.1) is 0 Å². The lowest BCUT2D eigenvalue weighted by molar-refractivity contribution is 1.17. The molecule has 0 spiro atoms. The van der Waals surface area contributed by atoms with E-state index in [1.165, 1.54) is 10.8 Å². The topological polar surface area (TPSA) is 81.2 Å². The van der Waals surface area contributed by atoms with Gasteiger partial charge in [0.05, 0.1) is 62.3 Å². The predicted octanol–water partition coefficient (Wildman–Crippen LogP) is 10.8. The first-order valence-corrected chi connectivity index (χ1v) is 16.3. The Morgan fingerprint density at radius 2 is 0.880 bits per heavy atom. The fraction of sp³-hybridized carbons (Fsp3) is 0. The van der Waals surface area contributed by atoms with Crippen molar-refractivity contribution in [2.24, 2.45) is 0 Å². The molecule has 0 aliphatic heterocycles. The number of hydrogen-bond acceptors (Lipinski definition) is 3. The minimum absolute atomic E-state index is 0.485. The molecule has 2 heterocycles. The standard InChI is InChI=1S/C45H25N5/c46-26-29-17-21-45-39(23-29)38-12-4-8-16-44(38)49(45)40-22-19-30(25-33(40)28-48)34-20-18-31(24-32(34)27-47)35-9-1-5-13-41(35)50-42-14-6-2-10-36(42)37-11-3-7-15-43(37)50/h1-25H. The molecule has 9 aromatic rings. The number of aromatic nitrogens is 2. The van der Waals surface area contributed by atoms with Gasteiger partial charge in [0.25, 0.3) is 0 Å². The van der Waals surface area contributed by atoms with Crippen molar-refractivity contribution in [1.82, 2.24) is 9.13 Å². The second-order valence-electron chi connectivity index (χ2n) is 12.3. The zero-order valence-corrected chi connectivity index (χ0v) is 26.7. The highest BCUT2D eigenvalue weighted by Gasteiger charge is 2.19. The molecule has 7 aromatic carbocycles. The highest BCUT2D eigenvalue weighted by atomic mass is 15.0. The van der Waals surface area contributed by atoms with Gasteiger partial charge in [0.2, 0.25) is 0 Å². The summed E-state index contributed by atoms with van der Waals surface area (Å²) in [6, 6.07) is 57.7. The van der Waals surface area contributed by atoms with Crippen molar-refractivity contribution in [2.75, 3.05) is 0 Å². The summed E-state index contributed by atoms with van der Waals surface area (Å²) in [5.41, 5.74) is 11.0. The number of nitrogens with zero attached hydrogens (tertiary/aromatic N) is 5. The van der Waals surface area contributed by atoms with Crippen LogP contribution in [0.2, 0.25) is 0 Å². The molecule has 0 atom stereocenters. The third kappa shape index (κ3) is 4.31. The predicted molar refractivity (Wildman–Crippen MR) is 200 cm³/mol. The molecule has 0 saturated carbocycles. The second kappa shape index (κ2) is 11.4. The summed E-state index contributed by atoms with van der Waals surface area (Å²) in [4.78, 5) is 0. The van der Waals surface area contributed by atoms with Crippen molar-refractivity contribution in [3.8, 4) is 51.8 Å². The van der Waals surface area contributed by atoms with Crippen LogP contribution in [0.25, 0.3) is 77.2 Å². The first-order chi connectivity index (χ1) is 24.7. The van der Waals surface area contributed by atoms with Crippen LogP contribution in [0.1, 0.15) is 16.7 Å². The van der Waals surface area contributed by atoms with E-state index in [-0.39, 0.29) is 0 Å². The maximum absolute atomic E-state index is 10.5. The average Bonchev–Trinajstić information content (AvgIpc) is 3.70. The third-order valence-corrected chi connectivity index (χ3v) is 9.65. The van der Waals surface area contributed by atoms with Crippen LogP contribution >= 0.6 is 0 Å². The lowest BCUT2D eigenvalue weighted by atomic mass is 9.93. The Hall–Kier alpha value is -7.39. The minimum Gasteiger partial charge on any atom is -0.309 e. The fourth-order valence-corrected chi connectivity index (χ4v) is 7.44. The van der Waals surface area contributed by atoms with Gasteiger partial charge >= 0.3 is 0 Å². The van der Waals surface area contributed by atoms with Gasteiger partial charge in [0.1, 0.15) is 6.07 Å². The molecule has 5 nitrogen and oxygen atoms in total. The molecule has 0 saturated heterocycles. The van der Waals surface area contributed by atoms with Crippen LogP contribution < -0.4 is 0 Å². The van der Waals surface area contributed by atoms with Crippen LogP contribution in [0.5, 0.6) is 0 Å². The van der Waals surface area contributed by atoms with Crippen LogP contribution in [0, 0.1) is 34.0 Å². The fourth-order valence-electron chi connectivity index (χ4n) is 7.44. The smallest absolute Gasteiger partial charge is 0.101 e. The Morgan fingerprint density at radius 3 is 1.54 bits per heavy atom. The van der Waals surface area contributed by atoms with E-state index >= 15 is 0 Å². The molecule has 0 aliphatic carbocycles. The summed E-state index contributed by atoms with van der Waals surface area (Å²) < 4.78 is 4.38. The first-order valence-electron chi connectivity index (χ1n) is 16.3. The highest BCUT2D eigenvalue weighted by molar-refractivity contribution is 6.11. The van der Waals surface area contributed by atoms with E-state index in [1.54, 1.807) is 6.07 Å².